The molecule has 1 saturated heterocycles. The molecule has 2 N–H and O–H groups in total. The predicted molar refractivity (Wildman–Crippen MR) is 66.1 cm³/mol. The number of nitrogens with one attached hydrogen (secondary N) is 1. The van der Waals surface area contributed by atoms with Crippen molar-refractivity contribution >= 4 is 15.8 Å². The van der Waals surface area contributed by atoms with Crippen molar-refractivity contribution in [2.75, 3.05) is 13.1 Å². The molecule has 5 nitrogen and oxygen atoms in total. The lowest BCUT2D eigenvalue weighted by molar-refractivity contribution is -0.192. The molecule has 0 radical (unpaired) electrons. The van der Waals surface area contributed by atoms with Crippen molar-refractivity contribution in [3.63, 3.8) is 0 Å². The van der Waals surface area contributed by atoms with Gasteiger partial charge in [0.25, 0.3) is 0 Å². The minimum absolute atomic E-state index is 0.0200. The monoisotopic (exact) mass is 317 g/mol. The number of rotatable bonds is 2. The predicted octanol–water partition coefficient (Wildman–Crippen LogP) is 1.34. The summed E-state index contributed by atoms with van der Waals surface area (Å²) in [6.45, 7) is 1.36. The van der Waals surface area contributed by atoms with E-state index in [4.69, 9.17) is 9.90 Å². The second-order valence-corrected chi connectivity index (χ2v) is 7.44. The van der Waals surface area contributed by atoms with E-state index in [1.807, 2.05) is 0 Å². The van der Waals surface area contributed by atoms with Crippen molar-refractivity contribution < 1.29 is 31.5 Å². The molecular formula is C11H18F3NO4S. The summed E-state index contributed by atoms with van der Waals surface area (Å²) in [5.74, 6) is -2.76. The van der Waals surface area contributed by atoms with Crippen molar-refractivity contribution in [1.29, 1.82) is 0 Å². The maximum atomic E-state index is 11.9. The van der Waals surface area contributed by atoms with Crippen LogP contribution in [0.3, 0.4) is 0 Å². The van der Waals surface area contributed by atoms with Crippen molar-refractivity contribution in [3.05, 3.63) is 0 Å². The second kappa shape index (κ2) is 6.75. The summed E-state index contributed by atoms with van der Waals surface area (Å²) in [6.07, 6.45) is 0.140. The van der Waals surface area contributed by atoms with Crippen LogP contribution < -0.4 is 5.32 Å². The fourth-order valence-electron chi connectivity index (χ4n) is 2.16. The largest absolute Gasteiger partial charge is 0.490 e. The maximum absolute atomic E-state index is 11.9. The third kappa shape index (κ3) is 4.62. The minimum atomic E-state index is -5.08. The summed E-state index contributed by atoms with van der Waals surface area (Å²) in [4.78, 5) is 8.90. The smallest absolute Gasteiger partial charge is 0.475 e. The molecule has 118 valence electrons. The highest BCUT2D eigenvalue weighted by Crippen LogP contribution is 2.27. The Morgan fingerprint density at radius 2 is 1.50 bits per heavy atom. The van der Waals surface area contributed by atoms with Crippen molar-refractivity contribution in [3.8, 4) is 0 Å². The van der Waals surface area contributed by atoms with Gasteiger partial charge >= 0.3 is 12.1 Å². The highest BCUT2D eigenvalue weighted by molar-refractivity contribution is 7.92. The number of alkyl halides is 3. The van der Waals surface area contributed by atoms with Gasteiger partial charge in [0.1, 0.15) is 0 Å². The Balaban J connectivity index is 0.000000246. The molecule has 2 aliphatic rings. The van der Waals surface area contributed by atoms with Crippen LogP contribution in [0.15, 0.2) is 0 Å². The molecule has 1 aliphatic heterocycles. The van der Waals surface area contributed by atoms with E-state index in [1.54, 1.807) is 0 Å². The normalized spacial score (nSPS) is 21.6. The molecule has 2 fully saturated rings. The first-order chi connectivity index (χ1) is 9.15. The molecule has 0 aromatic carbocycles. The van der Waals surface area contributed by atoms with Gasteiger partial charge in [0.2, 0.25) is 0 Å². The van der Waals surface area contributed by atoms with Gasteiger partial charge in [0.15, 0.2) is 9.84 Å². The van der Waals surface area contributed by atoms with Gasteiger partial charge < -0.3 is 10.4 Å². The van der Waals surface area contributed by atoms with Crippen LogP contribution in [0.2, 0.25) is 0 Å². The van der Waals surface area contributed by atoms with Gasteiger partial charge in [0.05, 0.1) is 10.5 Å². The summed E-state index contributed by atoms with van der Waals surface area (Å²) < 4.78 is 55.6. The van der Waals surface area contributed by atoms with Gasteiger partial charge in [-0.15, -0.1) is 0 Å². The van der Waals surface area contributed by atoms with Crippen LogP contribution in [0.5, 0.6) is 0 Å². The SMILES string of the molecule is O=C(O)C(F)(F)F.O=S(=O)(C1CCCCC1)C1CNC1. The van der Waals surface area contributed by atoms with Gasteiger partial charge in [-0.25, -0.2) is 13.2 Å². The molecule has 2 rings (SSSR count). The second-order valence-electron chi connectivity index (χ2n) is 4.93. The molecule has 0 unspecified atom stereocenters. The molecule has 9 heteroatoms. The summed E-state index contributed by atoms with van der Waals surface area (Å²) in [7, 11) is -2.79. The zero-order valence-corrected chi connectivity index (χ0v) is 11.6. The van der Waals surface area contributed by atoms with E-state index in [0.29, 0.717) is 13.1 Å². The average molecular weight is 317 g/mol. The van der Waals surface area contributed by atoms with Crippen LogP contribution in [0.25, 0.3) is 0 Å². The highest BCUT2D eigenvalue weighted by atomic mass is 32.2. The van der Waals surface area contributed by atoms with Crippen molar-refractivity contribution in [2.45, 2.75) is 48.8 Å². The Morgan fingerprint density at radius 1 is 1.05 bits per heavy atom. The van der Waals surface area contributed by atoms with Crippen LogP contribution in [0, 0.1) is 0 Å². The van der Waals surface area contributed by atoms with Crippen LogP contribution in [-0.2, 0) is 14.6 Å². The number of hydrogen-bond acceptors (Lipinski definition) is 4. The lowest BCUT2D eigenvalue weighted by Gasteiger charge is -2.32. The Morgan fingerprint density at radius 3 is 1.80 bits per heavy atom. The van der Waals surface area contributed by atoms with E-state index < -0.39 is 22.0 Å². The van der Waals surface area contributed by atoms with Gasteiger partial charge in [-0.3, -0.25) is 0 Å². The molecule has 0 bridgehead atoms. The zero-order chi connectivity index (χ0) is 15.4. The number of sulfone groups is 1. The zero-order valence-electron chi connectivity index (χ0n) is 10.8. The van der Waals surface area contributed by atoms with Gasteiger partial charge in [-0.2, -0.15) is 13.2 Å². The first kappa shape index (κ1) is 17.2. The van der Waals surface area contributed by atoms with Crippen LogP contribution in [0.1, 0.15) is 32.1 Å². The molecule has 0 spiro atoms. The molecule has 0 amide bonds. The minimum Gasteiger partial charge on any atom is -0.475 e. The molecule has 1 heterocycles. The van der Waals surface area contributed by atoms with Crippen LogP contribution in [-0.4, -0.2) is 49.3 Å². The van der Waals surface area contributed by atoms with Gasteiger partial charge in [0, 0.05) is 13.1 Å². The molecule has 0 aromatic heterocycles. The standard InChI is InChI=1S/C9H17NO2S.C2HF3O2/c11-13(12,9-6-10-7-9)8-4-2-1-3-5-8;3-2(4,5)1(6)7/h8-10H,1-7H2;(H,6,7). The Kier molecular flexibility index (Phi) is 5.81. The van der Waals surface area contributed by atoms with E-state index in [-0.39, 0.29) is 10.5 Å². The number of carboxylic acid groups (broad SMARTS) is 1. The van der Waals surface area contributed by atoms with E-state index in [2.05, 4.69) is 5.32 Å². The third-order valence-electron chi connectivity index (χ3n) is 3.47. The molecule has 1 saturated carbocycles. The Labute approximate surface area is 115 Å². The van der Waals surface area contributed by atoms with E-state index in [9.17, 15) is 21.6 Å². The van der Waals surface area contributed by atoms with E-state index >= 15 is 0 Å². The van der Waals surface area contributed by atoms with E-state index in [0.717, 1.165) is 25.7 Å². The number of halogens is 3. The topological polar surface area (TPSA) is 83.5 Å². The fraction of sp³-hybridized carbons (Fsp3) is 0.909. The number of hydrogen-bond donors (Lipinski definition) is 2. The van der Waals surface area contributed by atoms with Crippen molar-refractivity contribution in [2.24, 2.45) is 0 Å². The fourth-order valence-corrected chi connectivity index (χ4v) is 4.40. The third-order valence-corrected chi connectivity index (χ3v) is 6.13. The summed E-state index contributed by atoms with van der Waals surface area (Å²) in [5.41, 5.74) is 0. The van der Waals surface area contributed by atoms with Crippen LogP contribution in [0.4, 0.5) is 13.2 Å². The van der Waals surface area contributed by atoms with Crippen LogP contribution >= 0.6 is 0 Å². The number of carbonyl (C=O) groups is 1. The summed E-state index contributed by atoms with van der Waals surface area (Å²) in [6, 6.07) is 0. The maximum Gasteiger partial charge on any atom is 0.490 e. The Hall–Kier alpha value is -0.830. The Bertz CT molecular complexity index is 425. The molecule has 0 aromatic rings. The van der Waals surface area contributed by atoms with Gasteiger partial charge in [-0.05, 0) is 12.8 Å². The summed E-state index contributed by atoms with van der Waals surface area (Å²) >= 11 is 0. The molecule has 20 heavy (non-hydrogen) atoms. The molecule has 0 atom stereocenters. The number of aliphatic carboxylic acids is 1. The highest BCUT2D eigenvalue weighted by Gasteiger charge is 2.38. The number of carboxylic acids is 1. The summed E-state index contributed by atoms with van der Waals surface area (Å²) in [5, 5.41) is 10.1. The lowest BCUT2D eigenvalue weighted by Crippen LogP contribution is -2.54. The lowest BCUT2D eigenvalue weighted by atomic mass is 10.0. The first-order valence-electron chi connectivity index (χ1n) is 6.39. The quantitative estimate of drug-likeness (QED) is 0.803. The van der Waals surface area contributed by atoms with E-state index in [1.165, 1.54) is 6.42 Å². The average Bonchev–Trinajstić information content (AvgIpc) is 2.26. The molecule has 1 aliphatic carbocycles. The van der Waals surface area contributed by atoms with Crippen molar-refractivity contribution in [1.82, 2.24) is 5.32 Å². The molecular weight excluding hydrogens is 299 g/mol. The van der Waals surface area contributed by atoms with Gasteiger partial charge in [-0.1, -0.05) is 19.3 Å². The first-order valence-corrected chi connectivity index (χ1v) is 8.00.